The zero-order valence-electron chi connectivity index (χ0n) is 9.58. The zero-order chi connectivity index (χ0) is 12.5. The van der Waals surface area contributed by atoms with Crippen molar-refractivity contribution in [3.05, 3.63) is 58.9 Å². The molecule has 0 spiro atoms. The second-order valence-electron chi connectivity index (χ2n) is 4.30. The lowest BCUT2D eigenvalue weighted by Gasteiger charge is -2.29. The van der Waals surface area contributed by atoms with Crippen LogP contribution in [0.25, 0.3) is 0 Å². The Morgan fingerprint density at radius 1 is 1.11 bits per heavy atom. The van der Waals surface area contributed by atoms with Gasteiger partial charge in [0.1, 0.15) is 5.82 Å². The number of halogens is 2. The maximum atomic E-state index is 13.3. The first-order valence-electron chi connectivity index (χ1n) is 5.78. The molecule has 0 fully saturated rings. The van der Waals surface area contributed by atoms with Crippen molar-refractivity contribution in [2.75, 3.05) is 17.2 Å². The largest absolute Gasteiger partial charge is 0.381 e. The van der Waals surface area contributed by atoms with Gasteiger partial charge >= 0.3 is 0 Å². The number of benzene rings is 2. The molecule has 0 radical (unpaired) electrons. The Morgan fingerprint density at radius 2 is 1.89 bits per heavy atom. The summed E-state index contributed by atoms with van der Waals surface area (Å²) < 4.78 is 13.3. The summed E-state index contributed by atoms with van der Waals surface area (Å²) >= 11 is 5.80. The van der Waals surface area contributed by atoms with Crippen molar-refractivity contribution in [2.45, 2.75) is 6.04 Å². The number of nitrogens with one attached hydrogen (secondary N) is 2. The molecule has 2 aromatic carbocycles. The van der Waals surface area contributed by atoms with Gasteiger partial charge in [0, 0.05) is 12.6 Å². The van der Waals surface area contributed by atoms with Crippen LogP contribution in [-0.2, 0) is 0 Å². The standard InChI is InChI=1S/C14H12ClFN2/c15-10-6-13-12(7-11(10)16)17-8-14(18-13)9-4-2-1-3-5-9/h1-7,14,17-18H,8H2. The van der Waals surface area contributed by atoms with Gasteiger partial charge in [0.05, 0.1) is 22.4 Å². The monoisotopic (exact) mass is 262 g/mol. The predicted octanol–water partition coefficient (Wildman–Crippen LogP) is 4.06. The van der Waals surface area contributed by atoms with Crippen LogP contribution in [0.5, 0.6) is 0 Å². The molecule has 1 aliphatic heterocycles. The van der Waals surface area contributed by atoms with E-state index in [0.717, 1.165) is 17.9 Å². The van der Waals surface area contributed by atoms with Crippen LogP contribution in [0.2, 0.25) is 5.02 Å². The Morgan fingerprint density at radius 3 is 2.67 bits per heavy atom. The van der Waals surface area contributed by atoms with Crippen LogP contribution in [0.4, 0.5) is 15.8 Å². The topological polar surface area (TPSA) is 24.1 Å². The molecule has 1 unspecified atom stereocenters. The molecule has 0 bridgehead atoms. The number of hydrogen-bond donors (Lipinski definition) is 2. The van der Waals surface area contributed by atoms with Gasteiger partial charge in [-0.25, -0.2) is 4.39 Å². The fourth-order valence-corrected chi connectivity index (χ4v) is 2.31. The van der Waals surface area contributed by atoms with E-state index in [1.807, 2.05) is 18.2 Å². The van der Waals surface area contributed by atoms with Crippen molar-refractivity contribution in [3.8, 4) is 0 Å². The normalized spacial score (nSPS) is 17.6. The van der Waals surface area contributed by atoms with Crippen LogP contribution >= 0.6 is 11.6 Å². The van der Waals surface area contributed by atoms with Crippen molar-refractivity contribution in [1.82, 2.24) is 0 Å². The lowest BCUT2D eigenvalue weighted by molar-refractivity contribution is 0.628. The summed E-state index contributed by atoms with van der Waals surface area (Å²) in [4.78, 5) is 0. The summed E-state index contributed by atoms with van der Waals surface area (Å²) in [7, 11) is 0. The molecular formula is C14H12ClFN2. The first-order chi connectivity index (χ1) is 8.74. The number of hydrogen-bond acceptors (Lipinski definition) is 2. The van der Waals surface area contributed by atoms with Crippen LogP contribution in [-0.4, -0.2) is 6.54 Å². The number of anilines is 2. The molecule has 92 valence electrons. The van der Waals surface area contributed by atoms with Gasteiger partial charge in [-0.3, -0.25) is 0 Å². The summed E-state index contributed by atoms with van der Waals surface area (Å²) in [6.07, 6.45) is 0. The van der Waals surface area contributed by atoms with Crippen molar-refractivity contribution >= 4 is 23.0 Å². The third kappa shape index (κ3) is 2.02. The predicted molar refractivity (Wildman–Crippen MR) is 72.7 cm³/mol. The Balaban J connectivity index is 1.92. The van der Waals surface area contributed by atoms with Gasteiger partial charge in [0.2, 0.25) is 0 Å². The molecule has 1 aliphatic rings. The van der Waals surface area contributed by atoms with E-state index in [-0.39, 0.29) is 11.1 Å². The second kappa shape index (κ2) is 4.50. The molecule has 1 heterocycles. The molecule has 0 saturated carbocycles. The van der Waals surface area contributed by atoms with E-state index >= 15 is 0 Å². The van der Waals surface area contributed by atoms with Crippen LogP contribution in [0.3, 0.4) is 0 Å². The van der Waals surface area contributed by atoms with Crippen molar-refractivity contribution in [3.63, 3.8) is 0 Å². The smallest absolute Gasteiger partial charge is 0.143 e. The first kappa shape index (κ1) is 11.4. The third-order valence-corrected chi connectivity index (χ3v) is 3.38. The van der Waals surface area contributed by atoms with Crippen LogP contribution in [0.15, 0.2) is 42.5 Å². The maximum Gasteiger partial charge on any atom is 0.143 e. The van der Waals surface area contributed by atoms with E-state index in [1.54, 1.807) is 6.07 Å². The van der Waals surface area contributed by atoms with E-state index in [1.165, 1.54) is 11.6 Å². The number of rotatable bonds is 1. The van der Waals surface area contributed by atoms with Crippen LogP contribution in [0, 0.1) is 5.82 Å². The molecule has 0 saturated heterocycles. The SMILES string of the molecule is Fc1cc2c(cc1Cl)NC(c1ccccc1)CN2. The van der Waals surface area contributed by atoms with Crippen molar-refractivity contribution in [2.24, 2.45) is 0 Å². The maximum absolute atomic E-state index is 13.3. The van der Waals surface area contributed by atoms with Gasteiger partial charge in [-0.2, -0.15) is 0 Å². The molecule has 3 rings (SSSR count). The van der Waals surface area contributed by atoms with Crippen molar-refractivity contribution in [1.29, 1.82) is 0 Å². The summed E-state index contributed by atoms with van der Waals surface area (Å²) in [6, 6.07) is 13.3. The molecule has 2 N–H and O–H groups in total. The molecule has 18 heavy (non-hydrogen) atoms. The van der Waals surface area contributed by atoms with Gasteiger partial charge in [-0.15, -0.1) is 0 Å². The highest BCUT2D eigenvalue weighted by atomic mass is 35.5. The molecule has 1 atom stereocenters. The number of fused-ring (bicyclic) bond motifs is 1. The minimum atomic E-state index is -0.400. The Hall–Kier alpha value is -1.74. The highest BCUT2D eigenvalue weighted by molar-refractivity contribution is 6.31. The summed E-state index contributed by atoms with van der Waals surface area (Å²) in [5.41, 5.74) is 2.78. The van der Waals surface area contributed by atoms with E-state index in [9.17, 15) is 4.39 Å². The Bertz CT molecular complexity index is 572. The molecule has 2 nitrogen and oxygen atoms in total. The van der Waals surface area contributed by atoms with E-state index in [4.69, 9.17) is 11.6 Å². The summed E-state index contributed by atoms with van der Waals surface area (Å²) in [5, 5.41) is 6.72. The van der Waals surface area contributed by atoms with Gasteiger partial charge < -0.3 is 10.6 Å². The zero-order valence-corrected chi connectivity index (χ0v) is 10.3. The Kier molecular flexibility index (Phi) is 2.84. The minimum Gasteiger partial charge on any atom is -0.381 e. The molecule has 0 aromatic heterocycles. The molecule has 0 amide bonds. The molecule has 4 heteroatoms. The molecule has 0 aliphatic carbocycles. The third-order valence-electron chi connectivity index (χ3n) is 3.09. The van der Waals surface area contributed by atoms with Crippen LogP contribution < -0.4 is 10.6 Å². The van der Waals surface area contributed by atoms with Crippen LogP contribution in [0.1, 0.15) is 11.6 Å². The van der Waals surface area contributed by atoms with E-state index in [0.29, 0.717) is 0 Å². The van der Waals surface area contributed by atoms with Crippen molar-refractivity contribution < 1.29 is 4.39 Å². The lowest BCUT2D eigenvalue weighted by Crippen LogP contribution is -2.25. The van der Waals surface area contributed by atoms with Gasteiger partial charge in [-0.05, 0) is 11.6 Å². The molecular weight excluding hydrogens is 251 g/mol. The van der Waals surface area contributed by atoms with E-state index < -0.39 is 5.82 Å². The molecule has 2 aromatic rings. The second-order valence-corrected chi connectivity index (χ2v) is 4.71. The van der Waals surface area contributed by atoms with Gasteiger partial charge in [-0.1, -0.05) is 41.9 Å². The Labute approximate surface area is 110 Å². The van der Waals surface area contributed by atoms with Gasteiger partial charge in [0.25, 0.3) is 0 Å². The fourth-order valence-electron chi connectivity index (χ4n) is 2.15. The summed E-state index contributed by atoms with van der Waals surface area (Å²) in [6.45, 7) is 0.720. The average Bonchev–Trinajstić information content (AvgIpc) is 2.41. The fraction of sp³-hybridized carbons (Fsp3) is 0.143. The highest BCUT2D eigenvalue weighted by Gasteiger charge is 2.19. The minimum absolute atomic E-state index is 0.136. The lowest BCUT2D eigenvalue weighted by atomic mass is 10.0. The first-order valence-corrected chi connectivity index (χ1v) is 6.16. The summed E-state index contributed by atoms with van der Waals surface area (Å²) in [5.74, 6) is -0.400. The quantitative estimate of drug-likeness (QED) is 0.810. The van der Waals surface area contributed by atoms with E-state index in [2.05, 4.69) is 22.8 Å². The van der Waals surface area contributed by atoms with Gasteiger partial charge in [0.15, 0.2) is 0 Å². The average molecular weight is 263 g/mol. The highest BCUT2D eigenvalue weighted by Crippen LogP contribution is 2.34.